The maximum absolute atomic E-state index is 12.5. The second kappa shape index (κ2) is 9.93. The number of likely N-dealkylation sites (tertiary alicyclic amines) is 1. The first-order chi connectivity index (χ1) is 13.7. The molecule has 0 atom stereocenters. The highest BCUT2D eigenvalue weighted by molar-refractivity contribution is 5.97. The molecule has 148 valence electrons. The molecular formula is C23H28N2O3. The van der Waals surface area contributed by atoms with Crippen molar-refractivity contribution in [3.8, 4) is 5.75 Å². The predicted octanol–water partition coefficient (Wildman–Crippen LogP) is 3.76. The summed E-state index contributed by atoms with van der Waals surface area (Å²) in [6.07, 6.45) is 2.88. The number of piperidine rings is 1. The van der Waals surface area contributed by atoms with Crippen LogP contribution in [0.5, 0.6) is 5.75 Å². The summed E-state index contributed by atoms with van der Waals surface area (Å²) < 4.78 is 5.53. The van der Waals surface area contributed by atoms with Crippen LogP contribution in [0.15, 0.2) is 54.6 Å². The number of hydrogen-bond donors (Lipinski definition) is 1. The Morgan fingerprint density at radius 3 is 2.43 bits per heavy atom. The Morgan fingerprint density at radius 1 is 1.04 bits per heavy atom. The fourth-order valence-electron chi connectivity index (χ4n) is 3.61. The van der Waals surface area contributed by atoms with Gasteiger partial charge in [-0.05, 0) is 56.4 Å². The number of amides is 2. The van der Waals surface area contributed by atoms with Gasteiger partial charge in [-0.1, -0.05) is 30.3 Å². The van der Waals surface area contributed by atoms with Crippen molar-refractivity contribution in [2.24, 2.45) is 5.92 Å². The van der Waals surface area contributed by atoms with E-state index in [0.717, 1.165) is 37.9 Å². The maximum atomic E-state index is 12.5. The van der Waals surface area contributed by atoms with E-state index in [2.05, 4.69) is 5.32 Å². The van der Waals surface area contributed by atoms with E-state index in [4.69, 9.17) is 4.74 Å². The zero-order valence-corrected chi connectivity index (χ0v) is 16.4. The van der Waals surface area contributed by atoms with Crippen molar-refractivity contribution in [3.63, 3.8) is 0 Å². The topological polar surface area (TPSA) is 58.6 Å². The molecule has 0 aliphatic carbocycles. The van der Waals surface area contributed by atoms with Crippen LogP contribution in [-0.2, 0) is 0 Å². The Hall–Kier alpha value is -2.82. The molecule has 5 heteroatoms. The van der Waals surface area contributed by atoms with Gasteiger partial charge in [0.05, 0.1) is 12.2 Å². The van der Waals surface area contributed by atoms with Crippen LogP contribution in [0.2, 0.25) is 0 Å². The largest absolute Gasteiger partial charge is 0.493 e. The molecule has 3 rings (SSSR count). The van der Waals surface area contributed by atoms with Crippen LogP contribution in [-0.4, -0.2) is 43.0 Å². The monoisotopic (exact) mass is 380 g/mol. The number of hydrogen-bond acceptors (Lipinski definition) is 3. The normalized spacial score (nSPS) is 14.5. The van der Waals surface area contributed by atoms with Crippen LogP contribution in [0.3, 0.4) is 0 Å². The molecule has 0 aromatic heterocycles. The van der Waals surface area contributed by atoms with Crippen molar-refractivity contribution in [2.45, 2.75) is 26.2 Å². The van der Waals surface area contributed by atoms with Gasteiger partial charge < -0.3 is 15.0 Å². The van der Waals surface area contributed by atoms with E-state index in [9.17, 15) is 9.59 Å². The molecule has 1 fully saturated rings. The van der Waals surface area contributed by atoms with Crippen LogP contribution in [0.4, 0.5) is 0 Å². The molecule has 1 aliphatic rings. The van der Waals surface area contributed by atoms with Gasteiger partial charge in [0.15, 0.2) is 0 Å². The van der Waals surface area contributed by atoms with Crippen LogP contribution < -0.4 is 10.1 Å². The van der Waals surface area contributed by atoms with Gasteiger partial charge in [0.25, 0.3) is 11.8 Å². The number of carbonyl (C=O) groups excluding carboxylic acids is 2. The molecule has 0 saturated carbocycles. The molecule has 2 amide bonds. The number of nitrogens with zero attached hydrogens (tertiary/aromatic N) is 1. The highest BCUT2D eigenvalue weighted by atomic mass is 16.5. The van der Waals surface area contributed by atoms with Crippen LogP contribution in [0.25, 0.3) is 0 Å². The van der Waals surface area contributed by atoms with Crippen molar-refractivity contribution < 1.29 is 14.3 Å². The third kappa shape index (κ3) is 5.12. The van der Waals surface area contributed by atoms with Gasteiger partial charge in [-0.25, -0.2) is 0 Å². The molecule has 0 unspecified atom stereocenters. The SMILES string of the molecule is CCOc1ccccc1C(=O)NCCC1CCN(C(=O)c2ccccc2)CC1. The van der Waals surface area contributed by atoms with Crippen molar-refractivity contribution in [3.05, 3.63) is 65.7 Å². The van der Waals surface area contributed by atoms with Gasteiger partial charge in [0.1, 0.15) is 5.75 Å². The second-order valence-electron chi connectivity index (χ2n) is 7.08. The van der Waals surface area contributed by atoms with Gasteiger partial charge in [-0.3, -0.25) is 9.59 Å². The summed E-state index contributed by atoms with van der Waals surface area (Å²) in [4.78, 5) is 26.9. The third-order valence-corrected chi connectivity index (χ3v) is 5.19. The van der Waals surface area contributed by atoms with E-state index < -0.39 is 0 Å². The zero-order chi connectivity index (χ0) is 19.8. The lowest BCUT2D eigenvalue weighted by Crippen LogP contribution is -2.39. The standard InChI is InChI=1S/C23H28N2O3/c1-2-28-21-11-7-6-10-20(21)22(26)24-15-12-18-13-16-25(17-14-18)23(27)19-8-4-3-5-9-19/h3-11,18H,2,12-17H2,1H3,(H,24,26). The van der Waals surface area contributed by atoms with Crippen molar-refractivity contribution >= 4 is 11.8 Å². The minimum absolute atomic E-state index is 0.0965. The van der Waals surface area contributed by atoms with E-state index in [1.54, 1.807) is 6.07 Å². The second-order valence-corrected chi connectivity index (χ2v) is 7.08. The Kier molecular flexibility index (Phi) is 7.06. The molecular weight excluding hydrogens is 352 g/mol. The summed E-state index contributed by atoms with van der Waals surface area (Å²) in [5.74, 6) is 1.16. The molecule has 28 heavy (non-hydrogen) atoms. The molecule has 2 aromatic carbocycles. The fraction of sp³-hybridized carbons (Fsp3) is 0.391. The van der Waals surface area contributed by atoms with Crippen LogP contribution in [0.1, 0.15) is 46.9 Å². The molecule has 0 bridgehead atoms. The van der Waals surface area contributed by atoms with E-state index in [0.29, 0.717) is 30.4 Å². The predicted molar refractivity (Wildman–Crippen MR) is 110 cm³/mol. The highest BCUT2D eigenvalue weighted by Crippen LogP contribution is 2.22. The van der Waals surface area contributed by atoms with Crippen molar-refractivity contribution in [2.75, 3.05) is 26.2 Å². The molecule has 1 aliphatic heterocycles. The average molecular weight is 380 g/mol. The molecule has 1 N–H and O–H groups in total. The lowest BCUT2D eigenvalue weighted by Gasteiger charge is -2.32. The first-order valence-electron chi connectivity index (χ1n) is 10.0. The minimum Gasteiger partial charge on any atom is -0.493 e. The van der Waals surface area contributed by atoms with E-state index in [-0.39, 0.29) is 11.8 Å². The summed E-state index contributed by atoms with van der Waals surface area (Å²) in [7, 11) is 0. The number of carbonyl (C=O) groups is 2. The Balaban J connectivity index is 1.42. The lowest BCUT2D eigenvalue weighted by atomic mass is 9.93. The van der Waals surface area contributed by atoms with Crippen molar-refractivity contribution in [1.29, 1.82) is 0 Å². The number of para-hydroxylation sites is 1. The smallest absolute Gasteiger partial charge is 0.255 e. The molecule has 1 heterocycles. The van der Waals surface area contributed by atoms with Gasteiger partial charge in [-0.15, -0.1) is 0 Å². The summed E-state index contributed by atoms with van der Waals surface area (Å²) in [5.41, 5.74) is 1.33. The minimum atomic E-state index is -0.0965. The van der Waals surface area contributed by atoms with Gasteiger partial charge in [0.2, 0.25) is 0 Å². The number of ether oxygens (including phenoxy) is 1. The van der Waals surface area contributed by atoms with Crippen LogP contribution in [0, 0.1) is 5.92 Å². The van der Waals surface area contributed by atoms with E-state index in [1.165, 1.54) is 0 Å². The Labute approximate surface area is 166 Å². The van der Waals surface area contributed by atoms with E-state index >= 15 is 0 Å². The third-order valence-electron chi connectivity index (χ3n) is 5.19. The first-order valence-corrected chi connectivity index (χ1v) is 10.0. The molecule has 2 aromatic rings. The zero-order valence-electron chi connectivity index (χ0n) is 16.4. The number of benzene rings is 2. The summed E-state index contributed by atoms with van der Waals surface area (Å²) in [6, 6.07) is 16.8. The quantitative estimate of drug-likeness (QED) is 0.796. The summed E-state index contributed by atoms with van der Waals surface area (Å²) in [6.45, 7) is 4.63. The summed E-state index contributed by atoms with van der Waals surface area (Å²) in [5, 5.41) is 3.01. The van der Waals surface area contributed by atoms with Crippen LogP contribution >= 0.6 is 0 Å². The first kappa shape index (κ1) is 19.9. The maximum Gasteiger partial charge on any atom is 0.255 e. The molecule has 5 nitrogen and oxygen atoms in total. The van der Waals surface area contributed by atoms with Gasteiger partial charge in [0, 0.05) is 25.2 Å². The molecule has 0 radical (unpaired) electrons. The van der Waals surface area contributed by atoms with E-state index in [1.807, 2.05) is 60.4 Å². The number of rotatable bonds is 7. The molecule has 0 spiro atoms. The van der Waals surface area contributed by atoms with Gasteiger partial charge in [-0.2, -0.15) is 0 Å². The summed E-state index contributed by atoms with van der Waals surface area (Å²) >= 11 is 0. The highest BCUT2D eigenvalue weighted by Gasteiger charge is 2.23. The average Bonchev–Trinajstić information content (AvgIpc) is 2.75. The van der Waals surface area contributed by atoms with Crippen molar-refractivity contribution in [1.82, 2.24) is 10.2 Å². The Morgan fingerprint density at radius 2 is 1.71 bits per heavy atom. The Bertz CT molecular complexity index is 783. The number of nitrogens with one attached hydrogen (secondary N) is 1. The van der Waals surface area contributed by atoms with Gasteiger partial charge >= 0.3 is 0 Å². The fourth-order valence-corrected chi connectivity index (χ4v) is 3.61. The lowest BCUT2D eigenvalue weighted by molar-refractivity contribution is 0.0687. The molecule has 1 saturated heterocycles.